The number of methoxy groups -OCH3 is 1. The van der Waals surface area contributed by atoms with Crippen LogP contribution in [0.2, 0.25) is 0 Å². The molecule has 1 fully saturated rings. The van der Waals surface area contributed by atoms with E-state index in [1.54, 1.807) is 7.11 Å². The Balaban J connectivity index is 2.56. The maximum atomic E-state index is 12.3. The zero-order valence-electron chi connectivity index (χ0n) is 11.5. The quantitative estimate of drug-likeness (QED) is 0.693. The monoisotopic (exact) mass is 242 g/mol. The second-order valence-corrected chi connectivity index (χ2v) is 5.06. The first-order chi connectivity index (χ1) is 8.11. The van der Waals surface area contributed by atoms with E-state index in [1.807, 2.05) is 18.9 Å². The van der Waals surface area contributed by atoms with Crippen molar-refractivity contribution in [2.45, 2.75) is 32.7 Å². The lowest BCUT2D eigenvalue weighted by atomic mass is 10.1. The molecule has 1 rings (SSSR count). The molecule has 4 nitrogen and oxygen atoms in total. The molecule has 0 aromatic carbocycles. The van der Waals surface area contributed by atoms with Crippen LogP contribution in [0.25, 0.3) is 0 Å². The fraction of sp³-hybridized carbons (Fsp3) is 0.923. The Morgan fingerprint density at radius 1 is 1.47 bits per heavy atom. The second-order valence-electron chi connectivity index (χ2n) is 5.06. The van der Waals surface area contributed by atoms with E-state index in [0.29, 0.717) is 25.1 Å². The Kier molecular flexibility index (Phi) is 5.92. The standard InChI is InChI=1S/C13H26N2O2/c1-10(9-14-3)13(16)15(7-8-17-4)11(2)12-5-6-12/h10-12,14H,5-9H2,1-4H3. The molecule has 0 aliphatic heterocycles. The third-order valence-electron chi connectivity index (χ3n) is 3.55. The first kappa shape index (κ1) is 14.5. The van der Waals surface area contributed by atoms with Crippen molar-refractivity contribution >= 4 is 5.91 Å². The number of hydrogen-bond donors (Lipinski definition) is 1. The summed E-state index contributed by atoms with van der Waals surface area (Å²) in [6.45, 7) is 6.21. The highest BCUT2D eigenvalue weighted by Gasteiger charge is 2.35. The lowest BCUT2D eigenvalue weighted by Crippen LogP contribution is -2.46. The maximum Gasteiger partial charge on any atom is 0.227 e. The fourth-order valence-corrected chi connectivity index (χ4v) is 2.21. The Hall–Kier alpha value is -0.610. The molecule has 1 saturated carbocycles. The molecule has 4 heteroatoms. The Labute approximate surface area is 105 Å². The van der Waals surface area contributed by atoms with Crippen LogP contribution in [0, 0.1) is 11.8 Å². The van der Waals surface area contributed by atoms with Crippen molar-refractivity contribution in [2.75, 3.05) is 33.9 Å². The molecule has 0 aromatic rings. The number of hydrogen-bond acceptors (Lipinski definition) is 3. The molecule has 1 aliphatic carbocycles. The predicted molar refractivity (Wildman–Crippen MR) is 68.9 cm³/mol. The van der Waals surface area contributed by atoms with E-state index in [0.717, 1.165) is 6.54 Å². The van der Waals surface area contributed by atoms with Gasteiger partial charge < -0.3 is 15.0 Å². The maximum absolute atomic E-state index is 12.3. The van der Waals surface area contributed by atoms with Crippen LogP contribution < -0.4 is 5.32 Å². The minimum Gasteiger partial charge on any atom is -0.383 e. The molecule has 0 bridgehead atoms. The van der Waals surface area contributed by atoms with Crippen LogP contribution in [0.1, 0.15) is 26.7 Å². The van der Waals surface area contributed by atoms with Crippen molar-refractivity contribution in [2.24, 2.45) is 11.8 Å². The number of rotatable bonds is 8. The highest BCUT2D eigenvalue weighted by atomic mass is 16.5. The number of ether oxygens (including phenoxy) is 1. The van der Waals surface area contributed by atoms with Crippen LogP contribution in [0.3, 0.4) is 0 Å². The molecule has 100 valence electrons. The highest BCUT2D eigenvalue weighted by molar-refractivity contribution is 5.79. The van der Waals surface area contributed by atoms with Crippen LogP contribution >= 0.6 is 0 Å². The molecular weight excluding hydrogens is 216 g/mol. The molecule has 0 radical (unpaired) electrons. The molecule has 0 aromatic heterocycles. The number of nitrogens with one attached hydrogen (secondary N) is 1. The number of carbonyl (C=O) groups excluding carboxylic acids is 1. The average Bonchev–Trinajstić information content (AvgIpc) is 3.13. The minimum absolute atomic E-state index is 0.0399. The van der Waals surface area contributed by atoms with Crippen molar-refractivity contribution in [3.8, 4) is 0 Å². The third kappa shape index (κ3) is 4.28. The molecule has 2 atom stereocenters. The van der Waals surface area contributed by atoms with Crippen molar-refractivity contribution in [1.82, 2.24) is 10.2 Å². The summed E-state index contributed by atoms with van der Waals surface area (Å²) in [7, 11) is 3.56. The van der Waals surface area contributed by atoms with E-state index in [-0.39, 0.29) is 11.8 Å². The summed E-state index contributed by atoms with van der Waals surface area (Å²) in [5.41, 5.74) is 0. The van der Waals surface area contributed by atoms with E-state index >= 15 is 0 Å². The summed E-state index contributed by atoms with van der Waals surface area (Å²) in [5, 5.41) is 3.06. The number of amides is 1. The smallest absolute Gasteiger partial charge is 0.227 e. The van der Waals surface area contributed by atoms with Gasteiger partial charge >= 0.3 is 0 Å². The molecule has 0 heterocycles. The second kappa shape index (κ2) is 6.97. The largest absolute Gasteiger partial charge is 0.383 e. The van der Waals surface area contributed by atoms with E-state index in [1.165, 1.54) is 12.8 Å². The van der Waals surface area contributed by atoms with Crippen LogP contribution in [0.5, 0.6) is 0 Å². The normalized spacial score (nSPS) is 18.8. The minimum atomic E-state index is 0.0399. The fourth-order valence-electron chi connectivity index (χ4n) is 2.21. The Bertz CT molecular complexity index is 242. The highest BCUT2D eigenvalue weighted by Crippen LogP contribution is 2.35. The van der Waals surface area contributed by atoms with Gasteiger partial charge in [0.15, 0.2) is 0 Å². The van der Waals surface area contributed by atoms with Gasteiger partial charge in [-0.2, -0.15) is 0 Å². The molecule has 17 heavy (non-hydrogen) atoms. The van der Waals surface area contributed by atoms with Crippen molar-refractivity contribution in [3.63, 3.8) is 0 Å². The van der Waals surface area contributed by atoms with E-state index in [4.69, 9.17) is 4.74 Å². The zero-order chi connectivity index (χ0) is 12.8. The summed E-state index contributed by atoms with van der Waals surface area (Å²) in [4.78, 5) is 14.3. The van der Waals surface area contributed by atoms with E-state index in [9.17, 15) is 4.79 Å². The Morgan fingerprint density at radius 3 is 2.59 bits per heavy atom. The summed E-state index contributed by atoms with van der Waals surface area (Å²) >= 11 is 0. The van der Waals surface area contributed by atoms with Gasteiger partial charge in [-0.05, 0) is 32.7 Å². The van der Waals surface area contributed by atoms with Crippen LogP contribution in [0.4, 0.5) is 0 Å². The van der Waals surface area contributed by atoms with Gasteiger partial charge in [0, 0.05) is 32.2 Å². The van der Waals surface area contributed by atoms with Crippen molar-refractivity contribution in [3.05, 3.63) is 0 Å². The van der Waals surface area contributed by atoms with Gasteiger partial charge in [0.1, 0.15) is 0 Å². The molecule has 0 spiro atoms. The summed E-state index contributed by atoms with van der Waals surface area (Å²) in [6.07, 6.45) is 2.52. The average molecular weight is 242 g/mol. The Morgan fingerprint density at radius 2 is 2.12 bits per heavy atom. The molecule has 1 aliphatic rings. The van der Waals surface area contributed by atoms with Crippen LogP contribution in [0.15, 0.2) is 0 Å². The number of carbonyl (C=O) groups is 1. The van der Waals surface area contributed by atoms with Gasteiger partial charge in [0.2, 0.25) is 5.91 Å². The van der Waals surface area contributed by atoms with Gasteiger partial charge in [-0.3, -0.25) is 4.79 Å². The van der Waals surface area contributed by atoms with Crippen LogP contribution in [-0.2, 0) is 9.53 Å². The molecule has 2 unspecified atom stereocenters. The molecule has 1 amide bonds. The van der Waals surface area contributed by atoms with Crippen molar-refractivity contribution < 1.29 is 9.53 Å². The summed E-state index contributed by atoms with van der Waals surface area (Å²) in [5.74, 6) is 0.992. The van der Waals surface area contributed by atoms with Gasteiger partial charge in [-0.25, -0.2) is 0 Å². The molecular formula is C13H26N2O2. The van der Waals surface area contributed by atoms with Gasteiger partial charge in [0.05, 0.1) is 6.61 Å². The predicted octanol–water partition coefficient (Wildman–Crippen LogP) is 1.12. The summed E-state index contributed by atoms with van der Waals surface area (Å²) in [6, 6.07) is 0.358. The SMILES string of the molecule is CNCC(C)C(=O)N(CCOC)C(C)C1CC1. The lowest BCUT2D eigenvalue weighted by molar-refractivity contribution is -0.138. The molecule has 0 saturated heterocycles. The van der Waals surface area contributed by atoms with Crippen molar-refractivity contribution in [1.29, 1.82) is 0 Å². The third-order valence-corrected chi connectivity index (χ3v) is 3.55. The number of nitrogens with zero attached hydrogens (tertiary/aromatic N) is 1. The topological polar surface area (TPSA) is 41.6 Å². The van der Waals surface area contributed by atoms with Crippen LogP contribution in [-0.4, -0.2) is 50.7 Å². The van der Waals surface area contributed by atoms with E-state index in [2.05, 4.69) is 12.2 Å². The van der Waals surface area contributed by atoms with Gasteiger partial charge in [0.25, 0.3) is 0 Å². The van der Waals surface area contributed by atoms with E-state index < -0.39 is 0 Å². The summed E-state index contributed by atoms with van der Waals surface area (Å²) < 4.78 is 5.10. The molecule has 1 N–H and O–H groups in total. The first-order valence-electron chi connectivity index (χ1n) is 6.55. The first-order valence-corrected chi connectivity index (χ1v) is 6.55. The van der Waals surface area contributed by atoms with Gasteiger partial charge in [-0.1, -0.05) is 6.92 Å². The lowest BCUT2D eigenvalue weighted by Gasteiger charge is -2.31. The zero-order valence-corrected chi connectivity index (χ0v) is 11.5. The van der Waals surface area contributed by atoms with Gasteiger partial charge in [-0.15, -0.1) is 0 Å².